The molecule has 2 heterocycles. The lowest BCUT2D eigenvalue weighted by molar-refractivity contribution is -0.384. The lowest BCUT2D eigenvalue weighted by Crippen LogP contribution is -2.04. The summed E-state index contributed by atoms with van der Waals surface area (Å²) in [4.78, 5) is 14.9. The van der Waals surface area contributed by atoms with Crippen molar-refractivity contribution >= 4 is 27.3 Å². The highest BCUT2D eigenvalue weighted by atomic mass is 79.9. The van der Waals surface area contributed by atoms with Crippen LogP contribution in [-0.2, 0) is 6.54 Å². The van der Waals surface area contributed by atoms with E-state index in [4.69, 9.17) is 9.47 Å². The summed E-state index contributed by atoms with van der Waals surface area (Å²) < 4.78 is 11.1. The summed E-state index contributed by atoms with van der Waals surface area (Å²) in [7, 11) is 0. The van der Waals surface area contributed by atoms with E-state index < -0.39 is 4.92 Å². The number of aromatic nitrogens is 1. The Morgan fingerprint density at radius 3 is 2.81 bits per heavy atom. The molecule has 0 saturated heterocycles. The minimum Gasteiger partial charge on any atom is -0.454 e. The summed E-state index contributed by atoms with van der Waals surface area (Å²) >= 11 is 3.28. The van der Waals surface area contributed by atoms with E-state index in [1.54, 1.807) is 6.07 Å². The maximum Gasteiger partial charge on any atom is 0.296 e. The van der Waals surface area contributed by atoms with Crippen molar-refractivity contribution in [1.29, 1.82) is 0 Å². The Hall–Kier alpha value is -2.35. The van der Waals surface area contributed by atoms with Crippen molar-refractivity contribution in [2.75, 3.05) is 12.1 Å². The third-order valence-corrected chi connectivity index (χ3v) is 3.36. The van der Waals surface area contributed by atoms with Crippen molar-refractivity contribution in [2.24, 2.45) is 0 Å². The van der Waals surface area contributed by atoms with Crippen LogP contribution in [-0.4, -0.2) is 16.7 Å². The van der Waals surface area contributed by atoms with Gasteiger partial charge >= 0.3 is 0 Å². The first-order valence-corrected chi connectivity index (χ1v) is 6.86. The smallest absolute Gasteiger partial charge is 0.296 e. The van der Waals surface area contributed by atoms with Gasteiger partial charge in [-0.1, -0.05) is 6.07 Å². The van der Waals surface area contributed by atoms with E-state index in [0.29, 0.717) is 28.3 Å². The predicted octanol–water partition coefficient (Wildman–Crippen LogP) is 3.09. The number of hydrogen-bond donors (Lipinski definition) is 1. The zero-order valence-corrected chi connectivity index (χ0v) is 12.3. The molecule has 7 nitrogen and oxygen atoms in total. The molecule has 108 valence electrons. The van der Waals surface area contributed by atoms with Gasteiger partial charge in [-0.3, -0.25) is 10.1 Å². The number of halogens is 1. The minimum absolute atomic E-state index is 0.0609. The fraction of sp³-hybridized carbons (Fsp3) is 0.154. The van der Waals surface area contributed by atoms with Gasteiger partial charge in [0.15, 0.2) is 11.5 Å². The fourth-order valence-electron chi connectivity index (χ4n) is 1.96. The Labute approximate surface area is 128 Å². The quantitative estimate of drug-likeness (QED) is 0.517. The first-order valence-electron chi connectivity index (χ1n) is 6.07. The van der Waals surface area contributed by atoms with Crippen molar-refractivity contribution in [3.05, 3.63) is 50.7 Å². The van der Waals surface area contributed by atoms with Gasteiger partial charge in [-0.25, -0.2) is 4.98 Å². The number of nitro groups is 1. The summed E-state index contributed by atoms with van der Waals surface area (Å²) in [6.07, 6.45) is 0. The summed E-state index contributed by atoms with van der Waals surface area (Å²) in [6.45, 7) is 0.434. The van der Waals surface area contributed by atoms with Crippen LogP contribution in [0.4, 0.5) is 11.4 Å². The van der Waals surface area contributed by atoms with Crippen LogP contribution in [0.15, 0.2) is 34.9 Å². The molecule has 0 spiro atoms. The fourth-order valence-corrected chi connectivity index (χ4v) is 2.34. The summed E-state index contributed by atoms with van der Waals surface area (Å²) in [5, 5.41) is 14.1. The Balaban J connectivity index is 1.86. The molecular formula is C13H10BrN3O4. The number of benzene rings is 1. The summed E-state index contributed by atoms with van der Waals surface area (Å²) in [5.74, 6) is 0.873. The third kappa shape index (κ3) is 2.89. The van der Waals surface area contributed by atoms with Crippen LogP contribution in [0.2, 0.25) is 0 Å². The minimum atomic E-state index is -0.460. The van der Waals surface area contributed by atoms with Gasteiger partial charge in [0.1, 0.15) is 10.3 Å². The van der Waals surface area contributed by atoms with Crippen LogP contribution >= 0.6 is 15.9 Å². The lowest BCUT2D eigenvalue weighted by atomic mass is 10.2. The largest absolute Gasteiger partial charge is 0.454 e. The van der Waals surface area contributed by atoms with Gasteiger partial charge in [-0.15, -0.1) is 0 Å². The Morgan fingerprint density at radius 1 is 1.33 bits per heavy atom. The van der Waals surface area contributed by atoms with Crippen molar-refractivity contribution in [3.8, 4) is 11.5 Å². The first kappa shape index (κ1) is 13.6. The molecule has 1 aliphatic heterocycles. The highest BCUT2D eigenvalue weighted by Crippen LogP contribution is 2.40. The van der Waals surface area contributed by atoms with E-state index in [1.807, 2.05) is 18.2 Å². The van der Waals surface area contributed by atoms with Gasteiger partial charge in [0, 0.05) is 6.07 Å². The number of ether oxygens (including phenoxy) is 2. The molecule has 2 aromatic rings. The molecule has 1 aromatic carbocycles. The maximum absolute atomic E-state index is 11.1. The zero-order valence-electron chi connectivity index (χ0n) is 10.7. The van der Waals surface area contributed by atoms with Crippen LogP contribution < -0.4 is 14.8 Å². The number of nitro benzene ring substituents is 1. The molecule has 0 aliphatic carbocycles. The summed E-state index contributed by atoms with van der Waals surface area (Å²) in [5.41, 5.74) is 1.07. The number of fused-ring (bicyclic) bond motifs is 1. The molecule has 0 atom stereocenters. The normalized spacial score (nSPS) is 12.2. The zero-order chi connectivity index (χ0) is 14.8. The van der Waals surface area contributed by atoms with E-state index in [2.05, 4.69) is 26.2 Å². The van der Waals surface area contributed by atoms with Crippen molar-refractivity contribution in [1.82, 2.24) is 4.98 Å². The second-order valence-electron chi connectivity index (χ2n) is 4.28. The van der Waals surface area contributed by atoms with Gasteiger partial charge in [0.2, 0.25) is 6.79 Å². The molecule has 0 saturated carbocycles. The molecule has 1 N–H and O–H groups in total. The molecule has 1 aliphatic rings. The van der Waals surface area contributed by atoms with Crippen LogP contribution in [0.25, 0.3) is 0 Å². The highest BCUT2D eigenvalue weighted by Gasteiger charge is 2.23. The van der Waals surface area contributed by atoms with Gasteiger partial charge in [-0.2, -0.15) is 0 Å². The Bertz CT molecular complexity index is 708. The van der Waals surface area contributed by atoms with Gasteiger partial charge in [0.25, 0.3) is 5.69 Å². The number of hydrogen-bond acceptors (Lipinski definition) is 6. The molecule has 0 bridgehead atoms. The molecule has 8 heteroatoms. The van der Waals surface area contributed by atoms with E-state index in [9.17, 15) is 10.1 Å². The number of nitrogens with zero attached hydrogens (tertiary/aromatic N) is 2. The lowest BCUT2D eigenvalue weighted by Gasteiger charge is -2.08. The molecule has 0 radical (unpaired) electrons. The van der Waals surface area contributed by atoms with Crippen LogP contribution in [0, 0.1) is 10.1 Å². The molecule has 1 aromatic heterocycles. The summed E-state index contributed by atoms with van der Waals surface area (Å²) in [6, 6.07) is 8.42. The standard InChI is InChI=1S/C13H10BrN3O4/c14-13-3-1-2-8(16-13)6-15-9-4-11-12(21-7-20-11)5-10(9)17(18)19/h1-5,15H,6-7H2. The number of pyridine rings is 1. The highest BCUT2D eigenvalue weighted by molar-refractivity contribution is 9.10. The molecule has 3 rings (SSSR count). The number of nitrogens with one attached hydrogen (secondary N) is 1. The predicted molar refractivity (Wildman–Crippen MR) is 78.5 cm³/mol. The Kier molecular flexibility index (Phi) is 3.61. The van der Waals surface area contributed by atoms with Crippen molar-refractivity contribution < 1.29 is 14.4 Å². The molecular weight excluding hydrogens is 342 g/mol. The van der Waals surface area contributed by atoms with E-state index in [0.717, 1.165) is 5.69 Å². The average molecular weight is 352 g/mol. The SMILES string of the molecule is O=[N+]([O-])c1cc2c(cc1NCc1cccc(Br)n1)OCO2. The van der Waals surface area contributed by atoms with E-state index >= 15 is 0 Å². The van der Waals surface area contributed by atoms with E-state index in [-0.39, 0.29) is 12.5 Å². The van der Waals surface area contributed by atoms with Gasteiger partial charge < -0.3 is 14.8 Å². The van der Waals surface area contributed by atoms with Gasteiger partial charge in [-0.05, 0) is 28.1 Å². The second kappa shape index (κ2) is 5.57. The van der Waals surface area contributed by atoms with Crippen LogP contribution in [0.5, 0.6) is 11.5 Å². The maximum atomic E-state index is 11.1. The van der Waals surface area contributed by atoms with Crippen molar-refractivity contribution in [2.45, 2.75) is 6.54 Å². The first-order chi connectivity index (χ1) is 10.1. The topological polar surface area (TPSA) is 86.5 Å². The number of rotatable bonds is 4. The third-order valence-electron chi connectivity index (χ3n) is 2.92. The average Bonchev–Trinajstić information content (AvgIpc) is 2.91. The van der Waals surface area contributed by atoms with Gasteiger partial charge in [0.05, 0.1) is 23.2 Å². The number of anilines is 1. The molecule has 0 unspecified atom stereocenters. The van der Waals surface area contributed by atoms with E-state index in [1.165, 1.54) is 6.07 Å². The monoisotopic (exact) mass is 351 g/mol. The Morgan fingerprint density at radius 2 is 2.10 bits per heavy atom. The van der Waals surface area contributed by atoms with Crippen molar-refractivity contribution in [3.63, 3.8) is 0 Å². The molecule has 0 fully saturated rings. The van der Waals surface area contributed by atoms with Crippen LogP contribution in [0.3, 0.4) is 0 Å². The molecule has 21 heavy (non-hydrogen) atoms. The van der Waals surface area contributed by atoms with Crippen LogP contribution in [0.1, 0.15) is 5.69 Å². The molecule has 0 amide bonds. The second-order valence-corrected chi connectivity index (χ2v) is 5.10.